The normalized spacial score (nSPS) is 16.7. The first kappa shape index (κ1) is 19.2. The standard InChI is InChI=1S/C23H26N4O2/c1-26-22(9-10-25-26)21-14-18(13-17-5-3-2-4-6-17)7-8-19(21)15-20-16-24-11-12-27(20)23(28)29/h2-10,14,20,24H,11-13,15-16H2,1H3,(H,28,29). The van der Waals surface area contributed by atoms with Gasteiger partial charge in [-0.3, -0.25) is 4.68 Å². The molecule has 1 aliphatic rings. The van der Waals surface area contributed by atoms with Gasteiger partial charge in [-0.2, -0.15) is 5.10 Å². The summed E-state index contributed by atoms with van der Waals surface area (Å²) in [6.45, 7) is 1.89. The predicted molar refractivity (Wildman–Crippen MR) is 113 cm³/mol. The van der Waals surface area contributed by atoms with Gasteiger partial charge in [-0.15, -0.1) is 0 Å². The molecule has 0 saturated carbocycles. The van der Waals surface area contributed by atoms with Gasteiger partial charge in [0, 0.05) is 38.4 Å². The monoisotopic (exact) mass is 390 g/mol. The van der Waals surface area contributed by atoms with Crippen LogP contribution in [-0.4, -0.2) is 51.6 Å². The second kappa shape index (κ2) is 8.49. The number of benzene rings is 2. The lowest BCUT2D eigenvalue weighted by molar-refractivity contribution is 0.112. The van der Waals surface area contributed by atoms with Gasteiger partial charge in [0.1, 0.15) is 0 Å². The highest BCUT2D eigenvalue weighted by atomic mass is 16.4. The van der Waals surface area contributed by atoms with Gasteiger partial charge in [0.05, 0.1) is 11.7 Å². The molecule has 1 fully saturated rings. The van der Waals surface area contributed by atoms with Gasteiger partial charge in [0.15, 0.2) is 0 Å². The van der Waals surface area contributed by atoms with Crippen molar-refractivity contribution in [3.63, 3.8) is 0 Å². The Bertz CT molecular complexity index is 984. The molecule has 1 amide bonds. The summed E-state index contributed by atoms with van der Waals surface area (Å²) in [7, 11) is 1.94. The lowest BCUT2D eigenvalue weighted by atomic mass is 9.93. The van der Waals surface area contributed by atoms with Crippen LogP contribution >= 0.6 is 0 Å². The minimum absolute atomic E-state index is 0.0757. The summed E-state index contributed by atoms with van der Waals surface area (Å²) >= 11 is 0. The summed E-state index contributed by atoms with van der Waals surface area (Å²) in [5.74, 6) is 0. The van der Waals surface area contributed by atoms with Crippen molar-refractivity contribution in [3.8, 4) is 11.3 Å². The van der Waals surface area contributed by atoms with Crippen LogP contribution in [-0.2, 0) is 19.9 Å². The van der Waals surface area contributed by atoms with Crippen molar-refractivity contribution in [2.24, 2.45) is 7.05 Å². The van der Waals surface area contributed by atoms with Gasteiger partial charge in [-0.25, -0.2) is 4.79 Å². The third-order valence-electron chi connectivity index (χ3n) is 5.57. The molecule has 1 saturated heterocycles. The number of amides is 1. The molecule has 0 aliphatic carbocycles. The fraction of sp³-hybridized carbons (Fsp3) is 0.304. The van der Waals surface area contributed by atoms with Crippen LogP contribution in [0, 0.1) is 0 Å². The summed E-state index contributed by atoms with van der Waals surface area (Å²) in [4.78, 5) is 13.2. The van der Waals surface area contributed by atoms with Gasteiger partial charge in [-0.05, 0) is 41.7 Å². The zero-order valence-corrected chi connectivity index (χ0v) is 16.6. The molecule has 1 unspecified atom stereocenters. The molecule has 1 aliphatic heterocycles. The van der Waals surface area contributed by atoms with E-state index >= 15 is 0 Å². The van der Waals surface area contributed by atoms with Crippen LogP contribution in [0.5, 0.6) is 0 Å². The largest absolute Gasteiger partial charge is 0.465 e. The van der Waals surface area contributed by atoms with Gasteiger partial charge in [0.25, 0.3) is 0 Å². The van der Waals surface area contributed by atoms with Gasteiger partial charge < -0.3 is 15.3 Å². The molecule has 150 valence electrons. The molecule has 1 atom stereocenters. The highest BCUT2D eigenvalue weighted by Gasteiger charge is 2.27. The molecule has 1 aromatic heterocycles. The summed E-state index contributed by atoms with van der Waals surface area (Å²) in [6.07, 6.45) is 2.48. The van der Waals surface area contributed by atoms with E-state index in [-0.39, 0.29) is 6.04 Å². The second-order valence-corrected chi connectivity index (χ2v) is 7.53. The molecule has 4 rings (SSSR count). The molecule has 0 radical (unpaired) electrons. The maximum Gasteiger partial charge on any atom is 0.407 e. The number of nitrogens with zero attached hydrogens (tertiary/aromatic N) is 3. The van der Waals surface area contributed by atoms with E-state index in [2.05, 4.69) is 52.9 Å². The number of rotatable bonds is 5. The molecule has 6 nitrogen and oxygen atoms in total. The van der Waals surface area contributed by atoms with Gasteiger partial charge >= 0.3 is 6.09 Å². The highest BCUT2D eigenvalue weighted by Crippen LogP contribution is 2.28. The number of aryl methyl sites for hydroxylation is 1. The Kier molecular flexibility index (Phi) is 5.62. The van der Waals surface area contributed by atoms with Crippen LogP contribution in [0.4, 0.5) is 4.79 Å². The Morgan fingerprint density at radius 3 is 2.72 bits per heavy atom. The fourth-order valence-corrected chi connectivity index (χ4v) is 4.07. The fourth-order valence-electron chi connectivity index (χ4n) is 4.07. The molecular weight excluding hydrogens is 364 g/mol. The molecule has 6 heteroatoms. The van der Waals surface area contributed by atoms with Crippen molar-refractivity contribution in [2.45, 2.75) is 18.9 Å². The van der Waals surface area contributed by atoms with E-state index in [9.17, 15) is 9.90 Å². The number of aromatic nitrogens is 2. The van der Waals surface area contributed by atoms with E-state index in [1.54, 1.807) is 11.1 Å². The first-order chi connectivity index (χ1) is 14.1. The molecule has 0 spiro atoms. The van der Waals surface area contributed by atoms with Crippen molar-refractivity contribution in [1.29, 1.82) is 0 Å². The minimum Gasteiger partial charge on any atom is -0.465 e. The SMILES string of the molecule is Cn1nccc1-c1cc(Cc2ccccc2)ccc1CC1CNCCN1C(=O)O. The quantitative estimate of drug-likeness (QED) is 0.702. The van der Waals surface area contributed by atoms with Crippen molar-refractivity contribution < 1.29 is 9.90 Å². The van der Waals surface area contributed by atoms with E-state index in [4.69, 9.17) is 0 Å². The molecule has 29 heavy (non-hydrogen) atoms. The summed E-state index contributed by atoms with van der Waals surface area (Å²) in [5, 5.41) is 17.2. The minimum atomic E-state index is -0.848. The molecule has 2 aromatic carbocycles. The molecular formula is C23H26N4O2. The average molecular weight is 390 g/mol. The van der Waals surface area contributed by atoms with Crippen molar-refractivity contribution in [3.05, 3.63) is 77.5 Å². The Labute approximate surface area is 170 Å². The number of hydrogen-bond donors (Lipinski definition) is 2. The Hall–Kier alpha value is -3.12. The van der Waals surface area contributed by atoms with Crippen molar-refractivity contribution in [1.82, 2.24) is 20.0 Å². The zero-order chi connectivity index (χ0) is 20.2. The van der Waals surface area contributed by atoms with Gasteiger partial charge in [-0.1, -0.05) is 42.5 Å². The first-order valence-corrected chi connectivity index (χ1v) is 9.96. The summed E-state index contributed by atoms with van der Waals surface area (Å²) in [5.41, 5.74) is 5.80. The summed E-state index contributed by atoms with van der Waals surface area (Å²) in [6, 6.07) is 18.9. The number of carbonyl (C=O) groups is 1. The van der Waals surface area contributed by atoms with E-state index in [1.165, 1.54) is 11.1 Å². The molecule has 2 N–H and O–H groups in total. The number of carboxylic acid groups (broad SMARTS) is 1. The van der Waals surface area contributed by atoms with Crippen LogP contribution in [0.3, 0.4) is 0 Å². The number of nitrogens with one attached hydrogen (secondary N) is 1. The lowest BCUT2D eigenvalue weighted by Crippen LogP contribution is -2.54. The van der Waals surface area contributed by atoms with Crippen LogP contribution in [0.1, 0.15) is 16.7 Å². The number of piperazine rings is 1. The topological polar surface area (TPSA) is 70.4 Å². The predicted octanol–water partition coefficient (Wildman–Crippen LogP) is 3.17. The first-order valence-electron chi connectivity index (χ1n) is 9.96. The highest BCUT2D eigenvalue weighted by molar-refractivity contribution is 5.67. The third-order valence-corrected chi connectivity index (χ3v) is 5.57. The smallest absolute Gasteiger partial charge is 0.407 e. The van der Waals surface area contributed by atoms with Gasteiger partial charge in [0.2, 0.25) is 0 Å². The summed E-state index contributed by atoms with van der Waals surface area (Å²) < 4.78 is 1.87. The average Bonchev–Trinajstić information content (AvgIpc) is 3.16. The van der Waals surface area contributed by atoms with Crippen LogP contribution in [0.2, 0.25) is 0 Å². The maximum absolute atomic E-state index is 11.7. The van der Waals surface area contributed by atoms with Crippen molar-refractivity contribution >= 4 is 6.09 Å². The number of hydrogen-bond acceptors (Lipinski definition) is 3. The van der Waals surface area contributed by atoms with E-state index in [0.29, 0.717) is 26.1 Å². The Morgan fingerprint density at radius 1 is 1.17 bits per heavy atom. The van der Waals surface area contributed by atoms with E-state index in [1.807, 2.05) is 23.9 Å². The Morgan fingerprint density at radius 2 is 2.00 bits per heavy atom. The second-order valence-electron chi connectivity index (χ2n) is 7.53. The van der Waals surface area contributed by atoms with Crippen molar-refractivity contribution in [2.75, 3.05) is 19.6 Å². The van der Waals surface area contributed by atoms with Crippen LogP contribution in [0.15, 0.2) is 60.8 Å². The van der Waals surface area contributed by atoms with E-state index in [0.717, 1.165) is 23.2 Å². The molecule has 3 aromatic rings. The zero-order valence-electron chi connectivity index (χ0n) is 16.6. The maximum atomic E-state index is 11.7. The van der Waals surface area contributed by atoms with Crippen LogP contribution < -0.4 is 5.32 Å². The molecule has 0 bridgehead atoms. The van der Waals surface area contributed by atoms with Crippen LogP contribution in [0.25, 0.3) is 11.3 Å². The third kappa shape index (κ3) is 4.32. The molecule has 2 heterocycles. The lowest BCUT2D eigenvalue weighted by Gasteiger charge is -2.34. The van der Waals surface area contributed by atoms with E-state index < -0.39 is 6.09 Å². The Balaban J connectivity index is 1.67.